The lowest BCUT2D eigenvalue weighted by Gasteiger charge is -2.13. The largest absolute Gasteiger partial charge is 0.493 e. The van der Waals surface area contributed by atoms with Crippen molar-refractivity contribution in [2.45, 2.75) is 20.5 Å². The molecule has 0 spiro atoms. The maximum absolute atomic E-state index is 11.9. The van der Waals surface area contributed by atoms with E-state index in [-0.39, 0.29) is 0 Å². The van der Waals surface area contributed by atoms with E-state index in [4.69, 9.17) is 21.1 Å². The Labute approximate surface area is 186 Å². The number of aryl methyl sites for hydroxylation is 2. The highest BCUT2D eigenvalue weighted by Gasteiger charge is 2.07. The van der Waals surface area contributed by atoms with Crippen LogP contribution in [0.2, 0.25) is 5.02 Å². The van der Waals surface area contributed by atoms with E-state index in [1.807, 2.05) is 12.1 Å². The molecule has 0 atom stereocenters. The number of hydrogen-bond acceptors (Lipinski definition) is 4. The van der Waals surface area contributed by atoms with Gasteiger partial charge in [-0.3, -0.25) is 0 Å². The monoisotopic (exact) mass is 437 g/mol. The number of urea groups is 1. The zero-order valence-corrected chi connectivity index (χ0v) is 18.4. The topological polar surface area (TPSA) is 72.0 Å². The maximum Gasteiger partial charge on any atom is 0.339 e. The molecule has 2 amide bonds. The summed E-state index contributed by atoms with van der Waals surface area (Å²) in [5.41, 5.74) is 7.23. The number of hydrogen-bond donors (Lipinski definition) is 2. The van der Waals surface area contributed by atoms with Crippen LogP contribution in [0.5, 0.6) is 11.5 Å². The van der Waals surface area contributed by atoms with Gasteiger partial charge in [-0.1, -0.05) is 41.4 Å². The Morgan fingerprint density at radius 1 is 1.06 bits per heavy atom. The van der Waals surface area contributed by atoms with Crippen molar-refractivity contribution in [2.75, 3.05) is 12.4 Å². The van der Waals surface area contributed by atoms with Crippen LogP contribution in [-0.2, 0) is 6.61 Å². The average molecular weight is 438 g/mol. The summed E-state index contributed by atoms with van der Waals surface area (Å²) in [5, 5.41) is 7.15. The first kappa shape index (κ1) is 22.2. The Morgan fingerprint density at radius 2 is 1.90 bits per heavy atom. The van der Waals surface area contributed by atoms with Crippen LogP contribution in [0.15, 0.2) is 65.8 Å². The van der Waals surface area contributed by atoms with Crippen LogP contribution in [0.3, 0.4) is 0 Å². The molecule has 6 nitrogen and oxygen atoms in total. The number of carbonyl (C=O) groups is 1. The molecule has 0 aliphatic carbocycles. The first-order valence-electron chi connectivity index (χ1n) is 9.67. The summed E-state index contributed by atoms with van der Waals surface area (Å²) >= 11 is 5.90. The summed E-state index contributed by atoms with van der Waals surface area (Å²) in [6.07, 6.45) is 1.52. The van der Waals surface area contributed by atoms with Gasteiger partial charge in [-0.15, -0.1) is 0 Å². The molecule has 0 aliphatic heterocycles. The van der Waals surface area contributed by atoms with Crippen molar-refractivity contribution >= 4 is 29.5 Å². The standard InChI is InChI=1S/C24H24ClN3O3/c1-16-7-8-17(2)19(11-16)15-31-22-10-9-18(12-23(22)30-3)14-26-28-24(29)27-21-6-4-5-20(25)13-21/h4-14H,15H2,1-3H3,(H2,27,28,29)/b26-14-. The molecular weight excluding hydrogens is 414 g/mol. The van der Waals surface area contributed by atoms with Gasteiger partial charge >= 0.3 is 6.03 Å². The molecule has 3 rings (SSSR count). The molecule has 3 aromatic carbocycles. The SMILES string of the molecule is COc1cc(/C=N\NC(=O)Nc2cccc(Cl)c2)ccc1OCc1cc(C)ccc1C. The molecule has 0 aromatic heterocycles. The van der Waals surface area contributed by atoms with Gasteiger partial charge in [0.25, 0.3) is 0 Å². The van der Waals surface area contributed by atoms with Crippen molar-refractivity contribution in [3.05, 3.63) is 87.9 Å². The van der Waals surface area contributed by atoms with Crippen molar-refractivity contribution in [1.82, 2.24) is 5.43 Å². The van der Waals surface area contributed by atoms with Crippen molar-refractivity contribution in [3.63, 3.8) is 0 Å². The summed E-state index contributed by atoms with van der Waals surface area (Å²) in [4.78, 5) is 11.9. The van der Waals surface area contributed by atoms with Crippen LogP contribution >= 0.6 is 11.6 Å². The molecule has 31 heavy (non-hydrogen) atoms. The van der Waals surface area contributed by atoms with E-state index in [0.717, 1.165) is 11.1 Å². The second-order valence-electron chi connectivity index (χ2n) is 6.96. The number of ether oxygens (including phenoxy) is 2. The first-order chi connectivity index (χ1) is 14.9. The highest BCUT2D eigenvalue weighted by atomic mass is 35.5. The quantitative estimate of drug-likeness (QED) is 0.368. The van der Waals surface area contributed by atoms with E-state index < -0.39 is 6.03 Å². The lowest BCUT2D eigenvalue weighted by atomic mass is 10.1. The third-order valence-electron chi connectivity index (χ3n) is 4.54. The Hall–Kier alpha value is -3.51. The average Bonchev–Trinajstić information content (AvgIpc) is 2.74. The van der Waals surface area contributed by atoms with Crippen LogP contribution in [0.1, 0.15) is 22.3 Å². The van der Waals surface area contributed by atoms with Gasteiger partial charge in [-0.2, -0.15) is 5.10 Å². The van der Waals surface area contributed by atoms with Gasteiger partial charge in [0.1, 0.15) is 6.61 Å². The molecule has 2 N–H and O–H groups in total. The van der Waals surface area contributed by atoms with Crippen LogP contribution in [0.25, 0.3) is 0 Å². The van der Waals surface area contributed by atoms with Crippen molar-refractivity contribution in [3.8, 4) is 11.5 Å². The maximum atomic E-state index is 11.9. The van der Waals surface area contributed by atoms with Gasteiger partial charge in [0.05, 0.1) is 13.3 Å². The minimum absolute atomic E-state index is 0.447. The molecule has 0 heterocycles. The summed E-state index contributed by atoms with van der Waals surface area (Å²) in [6, 6.07) is 18.1. The number of rotatable bonds is 7. The molecule has 0 fully saturated rings. The molecule has 160 valence electrons. The van der Waals surface area contributed by atoms with Gasteiger partial charge in [-0.25, -0.2) is 10.2 Å². The van der Waals surface area contributed by atoms with Crippen LogP contribution in [0, 0.1) is 13.8 Å². The highest BCUT2D eigenvalue weighted by Crippen LogP contribution is 2.28. The number of benzene rings is 3. The number of nitrogens with one attached hydrogen (secondary N) is 2. The number of halogens is 1. The van der Waals surface area contributed by atoms with Crippen LogP contribution in [0.4, 0.5) is 10.5 Å². The fourth-order valence-electron chi connectivity index (χ4n) is 2.89. The van der Waals surface area contributed by atoms with E-state index >= 15 is 0 Å². The molecule has 0 aliphatic rings. The van der Waals surface area contributed by atoms with Gasteiger partial charge in [-0.05, 0) is 66.9 Å². The van der Waals surface area contributed by atoms with E-state index in [1.54, 1.807) is 37.4 Å². The predicted molar refractivity (Wildman–Crippen MR) is 124 cm³/mol. The lowest BCUT2D eigenvalue weighted by Crippen LogP contribution is -2.24. The highest BCUT2D eigenvalue weighted by molar-refractivity contribution is 6.30. The molecule has 3 aromatic rings. The smallest absolute Gasteiger partial charge is 0.339 e. The summed E-state index contributed by atoms with van der Waals surface area (Å²) < 4.78 is 11.4. The zero-order valence-electron chi connectivity index (χ0n) is 17.6. The summed E-state index contributed by atoms with van der Waals surface area (Å²) in [5.74, 6) is 1.21. The summed E-state index contributed by atoms with van der Waals surface area (Å²) in [7, 11) is 1.58. The molecule has 7 heteroatoms. The van der Waals surface area contributed by atoms with E-state index in [0.29, 0.717) is 28.8 Å². The molecule has 0 saturated heterocycles. The first-order valence-corrected chi connectivity index (χ1v) is 10.0. The molecule has 0 radical (unpaired) electrons. The van der Waals surface area contributed by atoms with Crippen LogP contribution in [-0.4, -0.2) is 19.4 Å². The van der Waals surface area contributed by atoms with Gasteiger partial charge < -0.3 is 14.8 Å². The minimum Gasteiger partial charge on any atom is -0.493 e. The van der Waals surface area contributed by atoms with Crippen LogP contribution < -0.4 is 20.2 Å². The number of amides is 2. The molecule has 0 saturated carbocycles. The fraction of sp³-hybridized carbons (Fsp3) is 0.167. The number of anilines is 1. The Balaban J connectivity index is 1.60. The van der Waals surface area contributed by atoms with Crippen molar-refractivity contribution < 1.29 is 14.3 Å². The van der Waals surface area contributed by atoms with Crippen molar-refractivity contribution in [1.29, 1.82) is 0 Å². The van der Waals surface area contributed by atoms with Crippen molar-refractivity contribution in [2.24, 2.45) is 5.10 Å². The second kappa shape index (κ2) is 10.5. The minimum atomic E-state index is -0.473. The molecule has 0 bridgehead atoms. The van der Waals surface area contributed by atoms with E-state index in [2.05, 4.69) is 47.9 Å². The fourth-order valence-corrected chi connectivity index (χ4v) is 3.08. The van der Waals surface area contributed by atoms with Gasteiger partial charge in [0.2, 0.25) is 0 Å². The Morgan fingerprint density at radius 3 is 2.68 bits per heavy atom. The number of carbonyl (C=O) groups excluding carboxylic acids is 1. The Bertz CT molecular complexity index is 1100. The predicted octanol–water partition coefficient (Wildman–Crippen LogP) is 5.70. The Kier molecular flexibility index (Phi) is 7.51. The molecular formula is C24H24ClN3O3. The van der Waals surface area contributed by atoms with Gasteiger partial charge in [0.15, 0.2) is 11.5 Å². The van der Waals surface area contributed by atoms with E-state index in [9.17, 15) is 4.79 Å². The number of hydrazone groups is 1. The third-order valence-corrected chi connectivity index (χ3v) is 4.77. The van der Waals surface area contributed by atoms with Gasteiger partial charge in [0, 0.05) is 10.7 Å². The second-order valence-corrected chi connectivity index (χ2v) is 7.40. The number of methoxy groups -OCH3 is 1. The number of nitrogens with zero attached hydrogens (tertiary/aromatic N) is 1. The summed E-state index contributed by atoms with van der Waals surface area (Å²) in [6.45, 7) is 4.56. The molecule has 0 unspecified atom stereocenters. The van der Waals surface area contributed by atoms with E-state index in [1.165, 1.54) is 17.3 Å². The lowest BCUT2D eigenvalue weighted by molar-refractivity contribution is 0.252. The zero-order chi connectivity index (χ0) is 22.2. The normalized spacial score (nSPS) is 10.7. The third kappa shape index (κ3) is 6.49.